The van der Waals surface area contributed by atoms with Crippen LogP contribution in [0.4, 0.5) is 24.5 Å². The number of piperidine rings is 2. The minimum absolute atomic E-state index is 0.0608. The van der Waals surface area contributed by atoms with Gasteiger partial charge in [-0.1, -0.05) is 18.2 Å². The van der Waals surface area contributed by atoms with Crippen LogP contribution in [0.15, 0.2) is 73.1 Å². The minimum Gasteiger partial charge on any atom is -0.372 e. The number of benzene rings is 3. The number of ketones is 1. The molecule has 5 aliphatic rings. The van der Waals surface area contributed by atoms with Gasteiger partial charge in [0.2, 0.25) is 11.8 Å². The summed E-state index contributed by atoms with van der Waals surface area (Å²) in [4.78, 5) is 68.0. The largest absolute Gasteiger partial charge is 0.372 e. The first-order valence-electron chi connectivity index (χ1n) is 22.7. The molecule has 0 spiro atoms. The molecule has 2 atom stereocenters. The quantitative estimate of drug-likeness (QED) is 0.127. The SMILES string of the molecule is NS(=O)(=O)N1CCC(F)(c2cc(C(=O)c3c[nH]c4nccc(-c5ccccc5N5CCCN(CC6CCN(c7ccc8c(c7)CN(C7CCC(=O)NC7=O)C8=O)CC6)CC5)c34)c(F)cc2F)C1. The Morgan fingerprint density at radius 1 is 0.851 bits per heavy atom. The van der Waals surface area contributed by atoms with Gasteiger partial charge in [0.25, 0.3) is 16.1 Å². The number of para-hydroxylation sites is 1. The zero-order chi connectivity index (χ0) is 46.8. The van der Waals surface area contributed by atoms with Crippen LogP contribution >= 0.6 is 0 Å². The second-order valence-electron chi connectivity index (χ2n) is 18.3. The average molecular weight is 938 g/mol. The van der Waals surface area contributed by atoms with Crippen molar-refractivity contribution < 1.29 is 40.8 Å². The third kappa shape index (κ3) is 8.46. The Hall–Kier alpha value is -6.15. The van der Waals surface area contributed by atoms with E-state index in [0.717, 1.165) is 93.6 Å². The number of rotatable bonds is 10. The predicted molar refractivity (Wildman–Crippen MR) is 244 cm³/mol. The number of anilines is 2. The van der Waals surface area contributed by atoms with Crippen molar-refractivity contribution in [3.05, 3.63) is 113 Å². The topological polar surface area (TPSA) is 185 Å². The lowest BCUT2D eigenvalue weighted by molar-refractivity contribution is -0.136. The van der Waals surface area contributed by atoms with Crippen LogP contribution in [0.3, 0.4) is 0 Å². The van der Waals surface area contributed by atoms with Gasteiger partial charge in [-0.05, 0) is 85.7 Å². The van der Waals surface area contributed by atoms with Gasteiger partial charge >= 0.3 is 0 Å². The molecule has 3 amide bonds. The number of aromatic amines is 1. The molecular formula is C48H50F3N9O6S. The van der Waals surface area contributed by atoms with Crippen LogP contribution in [0, 0.1) is 17.6 Å². The first-order valence-corrected chi connectivity index (χ1v) is 24.2. The van der Waals surface area contributed by atoms with Gasteiger partial charge in [-0.25, -0.2) is 23.3 Å². The minimum atomic E-state index is -4.27. The number of nitrogens with two attached hydrogens (primary N) is 1. The maximum Gasteiger partial charge on any atom is 0.277 e. The van der Waals surface area contributed by atoms with Crippen LogP contribution in [-0.2, 0) is 32.0 Å². The molecule has 350 valence electrons. The van der Waals surface area contributed by atoms with Crippen LogP contribution in [0.1, 0.15) is 75.9 Å². The van der Waals surface area contributed by atoms with Crippen molar-refractivity contribution in [1.29, 1.82) is 0 Å². The van der Waals surface area contributed by atoms with E-state index in [0.29, 0.717) is 51.4 Å². The molecule has 2 aromatic heterocycles. The highest BCUT2D eigenvalue weighted by molar-refractivity contribution is 7.86. The van der Waals surface area contributed by atoms with Gasteiger partial charge in [0.05, 0.1) is 17.7 Å². The van der Waals surface area contributed by atoms with Gasteiger partial charge in [-0.2, -0.15) is 12.7 Å². The lowest BCUT2D eigenvalue weighted by Crippen LogP contribution is -2.52. The fraction of sp³-hybridized carbons (Fsp3) is 0.396. The van der Waals surface area contributed by atoms with Gasteiger partial charge in [0, 0.05) is 117 Å². The van der Waals surface area contributed by atoms with Gasteiger partial charge in [-0.15, -0.1) is 0 Å². The van der Waals surface area contributed by atoms with E-state index in [1.807, 2.05) is 36.4 Å². The van der Waals surface area contributed by atoms with Crippen molar-refractivity contribution in [3.8, 4) is 11.1 Å². The molecule has 19 heteroatoms. The highest BCUT2D eigenvalue weighted by Crippen LogP contribution is 2.41. The summed E-state index contributed by atoms with van der Waals surface area (Å²) in [5.41, 5.74) is 1.74. The monoisotopic (exact) mass is 937 g/mol. The zero-order valence-electron chi connectivity index (χ0n) is 36.6. The van der Waals surface area contributed by atoms with Crippen LogP contribution in [0.2, 0.25) is 0 Å². The summed E-state index contributed by atoms with van der Waals surface area (Å²) in [6, 6.07) is 16.3. The molecule has 3 aromatic carbocycles. The van der Waals surface area contributed by atoms with E-state index in [1.165, 1.54) is 6.20 Å². The fourth-order valence-corrected chi connectivity index (χ4v) is 11.4. The second-order valence-corrected chi connectivity index (χ2v) is 19.9. The highest BCUT2D eigenvalue weighted by Gasteiger charge is 2.46. The Balaban J connectivity index is 0.808. The Morgan fingerprint density at radius 3 is 2.43 bits per heavy atom. The number of hydrogen-bond acceptors (Lipinski definition) is 10. The molecule has 7 heterocycles. The lowest BCUT2D eigenvalue weighted by Gasteiger charge is -2.36. The van der Waals surface area contributed by atoms with Crippen LogP contribution < -0.4 is 20.3 Å². The fourth-order valence-electron chi connectivity index (χ4n) is 10.7. The predicted octanol–water partition coefficient (Wildman–Crippen LogP) is 5.00. The molecule has 4 N–H and O–H groups in total. The second kappa shape index (κ2) is 17.5. The van der Waals surface area contributed by atoms with Crippen molar-refractivity contribution in [1.82, 2.24) is 29.4 Å². The van der Waals surface area contributed by atoms with Crippen LogP contribution in [0.5, 0.6) is 0 Å². The molecule has 0 bridgehead atoms. The molecule has 0 saturated carbocycles. The number of imide groups is 1. The van der Waals surface area contributed by atoms with Gasteiger partial charge in [0.1, 0.15) is 23.3 Å². The number of pyridine rings is 1. The summed E-state index contributed by atoms with van der Waals surface area (Å²) < 4.78 is 71.6. The van der Waals surface area contributed by atoms with Gasteiger partial charge in [-0.3, -0.25) is 24.5 Å². The first-order chi connectivity index (χ1) is 32.1. The Morgan fingerprint density at radius 2 is 1.66 bits per heavy atom. The number of alkyl halides is 1. The van der Waals surface area contributed by atoms with Crippen LogP contribution in [-0.4, -0.2) is 121 Å². The molecule has 4 saturated heterocycles. The van der Waals surface area contributed by atoms with Crippen molar-refractivity contribution >= 4 is 56.1 Å². The average Bonchev–Trinajstić information content (AvgIpc) is 3.97. The van der Waals surface area contributed by atoms with Crippen molar-refractivity contribution in [2.75, 3.05) is 68.7 Å². The van der Waals surface area contributed by atoms with Crippen molar-refractivity contribution in [2.24, 2.45) is 11.1 Å². The van der Waals surface area contributed by atoms with E-state index in [2.05, 4.69) is 36.1 Å². The Kier molecular flexibility index (Phi) is 11.7. The summed E-state index contributed by atoms with van der Waals surface area (Å²) in [7, 11) is -4.27. The van der Waals surface area contributed by atoms with E-state index in [1.54, 1.807) is 17.2 Å². The Bertz CT molecular complexity index is 2940. The van der Waals surface area contributed by atoms with E-state index in [4.69, 9.17) is 5.14 Å². The number of nitrogens with one attached hydrogen (secondary N) is 2. The number of carbonyl (C=O) groups excluding carboxylic acids is 4. The van der Waals surface area contributed by atoms with E-state index in [9.17, 15) is 27.6 Å². The standard InChI is InChI=1S/C48H50F3N9O6S/c49-38-24-39(50)37(48(51)13-19-59(28-48)67(52,65)66)23-35(38)44(62)36-25-54-45-43(36)34(10-14-53-45)33-4-1-2-5-40(33)58-16-3-15-56(20-21-58)26-29-11-17-57(18-12-29)31-6-7-32-30(22-31)27-60(47(32)64)41-8-9-42(61)55-46(41)63/h1-2,4-7,10,14,22-25,29,41H,3,8-9,11-13,15-21,26-28H2,(H,53,54)(H2,52,65,66)(H,55,61,63). The molecule has 2 unspecified atom stereocenters. The first kappa shape index (κ1) is 44.7. The van der Waals surface area contributed by atoms with Crippen molar-refractivity contribution in [2.45, 2.75) is 56.8 Å². The summed E-state index contributed by atoms with van der Waals surface area (Å²) >= 11 is 0. The number of hydrogen-bond donors (Lipinski definition) is 3. The molecule has 0 radical (unpaired) electrons. The number of carbonyl (C=O) groups is 4. The molecule has 4 fully saturated rings. The normalized spacial score (nSPS) is 22.4. The third-order valence-corrected chi connectivity index (χ3v) is 15.3. The number of nitrogens with zero attached hydrogens (tertiary/aromatic N) is 6. The summed E-state index contributed by atoms with van der Waals surface area (Å²) in [5.74, 6) is -3.63. The van der Waals surface area contributed by atoms with Crippen LogP contribution in [0.25, 0.3) is 22.2 Å². The number of aromatic nitrogens is 2. The van der Waals surface area contributed by atoms with E-state index < -0.39 is 69.3 Å². The summed E-state index contributed by atoms with van der Waals surface area (Å²) in [6.45, 7) is 5.33. The lowest BCUT2D eigenvalue weighted by atomic mass is 9.90. The van der Waals surface area contributed by atoms with Gasteiger partial charge in [0.15, 0.2) is 11.5 Å². The summed E-state index contributed by atoms with van der Waals surface area (Å²) in [5, 5.41) is 7.99. The molecule has 5 aliphatic heterocycles. The molecule has 0 aliphatic carbocycles. The van der Waals surface area contributed by atoms with Crippen molar-refractivity contribution in [3.63, 3.8) is 0 Å². The zero-order valence-corrected chi connectivity index (χ0v) is 37.5. The Labute approximate surface area is 385 Å². The number of fused-ring (bicyclic) bond motifs is 2. The van der Waals surface area contributed by atoms with E-state index in [-0.39, 0.29) is 30.3 Å². The molecule has 67 heavy (non-hydrogen) atoms. The van der Waals surface area contributed by atoms with E-state index >= 15 is 13.2 Å². The smallest absolute Gasteiger partial charge is 0.277 e. The molecule has 10 rings (SSSR count). The maximum absolute atomic E-state index is 16.2. The number of H-pyrrole nitrogens is 1. The third-order valence-electron chi connectivity index (χ3n) is 14.3. The molecule has 5 aromatic rings. The maximum atomic E-state index is 16.2. The highest BCUT2D eigenvalue weighted by atomic mass is 32.2. The number of amides is 3. The summed E-state index contributed by atoms with van der Waals surface area (Å²) in [6.07, 6.45) is 6.12. The molecule has 15 nitrogen and oxygen atoms in total. The molecular weight excluding hydrogens is 888 g/mol. The van der Waals surface area contributed by atoms with Gasteiger partial charge < -0.3 is 24.6 Å². The number of halogens is 3.